The number of hydrogen-bond donors (Lipinski definition) is 0. The van der Waals surface area contributed by atoms with Crippen molar-refractivity contribution in [3.8, 4) is 33.9 Å². The van der Waals surface area contributed by atoms with Crippen LogP contribution in [-0.4, -0.2) is 44.7 Å². The molecule has 2 unspecified atom stereocenters. The second kappa shape index (κ2) is 21.5. The van der Waals surface area contributed by atoms with Crippen molar-refractivity contribution in [1.82, 2.24) is 18.3 Å². The molecule has 15 rings (SSSR count). The average Bonchev–Trinajstić information content (AvgIpc) is 4.03. The van der Waals surface area contributed by atoms with E-state index < -0.39 is 0 Å². The molecule has 0 fully saturated rings. The van der Waals surface area contributed by atoms with E-state index in [4.69, 9.17) is 9.47 Å². The third-order valence-corrected chi connectivity index (χ3v) is 17.0. The third kappa shape index (κ3) is 8.83. The Balaban J connectivity index is 0.000000148. The summed E-state index contributed by atoms with van der Waals surface area (Å²) in [5, 5.41) is 10.2. The molecule has 0 bridgehead atoms. The molecular formula is C76H64N4O2. The van der Waals surface area contributed by atoms with Gasteiger partial charge in [-0.25, -0.2) is 0 Å². The molecule has 0 aliphatic carbocycles. The van der Waals surface area contributed by atoms with Gasteiger partial charge in [-0.1, -0.05) is 172 Å². The highest BCUT2D eigenvalue weighted by Crippen LogP contribution is 2.39. The molecule has 0 spiro atoms. The van der Waals surface area contributed by atoms with Gasteiger partial charge in [0.1, 0.15) is 0 Å². The number of para-hydroxylation sites is 7. The molecule has 0 radical (unpaired) electrons. The molecule has 4 aromatic heterocycles. The monoisotopic (exact) mass is 1060 g/mol. The number of hydrogen-bond acceptors (Lipinski definition) is 2. The SMILES string of the molecule is CCC(Cc1cc(-n2c3ccccc3c3ccccc32)cc(-n2c3ccccc3c3ccccc32)c1)OC.CCC(Cc1cccc(-n2c3ccccc3c3cc(-c4cccc(-n5c6ccccc6c6ccccc65)c4)ccc32)c1)OC. The van der Waals surface area contributed by atoms with E-state index in [9.17, 15) is 0 Å². The number of methoxy groups -OCH3 is 2. The molecule has 0 N–H and O–H groups in total. The number of aromatic nitrogens is 4. The molecule has 0 saturated heterocycles. The van der Waals surface area contributed by atoms with Crippen LogP contribution in [0.15, 0.2) is 255 Å². The zero-order valence-electron chi connectivity index (χ0n) is 46.8. The quantitative estimate of drug-likeness (QED) is 0.115. The van der Waals surface area contributed by atoms with Crippen molar-refractivity contribution in [2.24, 2.45) is 0 Å². The topological polar surface area (TPSA) is 38.2 Å². The van der Waals surface area contributed by atoms with Crippen molar-refractivity contribution in [3.63, 3.8) is 0 Å². The van der Waals surface area contributed by atoms with Crippen LogP contribution in [0, 0.1) is 0 Å². The number of benzene rings is 11. The lowest BCUT2D eigenvalue weighted by Crippen LogP contribution is -2.13. The van der Waals surface area contributed by atoms with Crippen LogP contribution in [0.1, 0.15) is 37.8 Å². The standard InChI is InChI=1S/C41H34N2O.C35H30N2O/c1-3-33(44-2)25-28-12-10-14-31(24-28)42-40-21-9-6-18-36(40)37-27-30(22-23-41(37)42)29-13-11-15-32(26-29)43-38-19-7-4-16-34(38)35-17-5-8-20-39(35)43;1-3-27(38-2)22-24-20-25(36-32-16-8-4-12-28(32)29-13-5-9-17-33(29)36)23-26(21-24)37-34-18-10-6-14-30(34)31-15-7-11-19-35(31)37/h4-24,26-27,33H,3,25H2,1-2H3;4-21,23,27H,3,22H2,1-2H3. The van der Waals surface area contributed by atoms with Crippen LogP contribution in [0.3, 0.4) is 0 Å². The minimum absolute atomic E-state index is 0.175. The molecule has 400 valence electrons. The summed E-state index contributed by atoms with van der Waals surface area (Å²) in [6, 6.07) is 92.8. The van der Waals surface area contributed by atoms with Crippen molar-refractivity contribution >= 4 is 87.2 Å². The highest BCUT2D eigenvalue weighted by molar-refractivity contribution is 6.13. The number of rotatable bonds is 13. The molecule has 15 aromatic rings. The van der Waals surface area contributed by atoms with E-state index in [1.165, 1.54) is 132 Å². The fourth-order valence-corrected chi connectivity index (χ4v) is 13.0. The van der Waals surface area contributed by atoms with E-state index in [-0.39, 0.29) is 12.2 Å². The van der Waals surface area contributed by atoms with Gasteiger partial charge in [-0.05, 0) is 145 Å². The summed E-state index contributed by atoms with van der Waals surface area (Å²) in [7, 11) is 3.63. The highest BCUT2D eigenvalue weighted by Gasteiger charge is 2.20. The summed E-state index contributed by atoms with van der Waals surface area (Å²) in [6.45, 7) is 4.38. The Labute approximate surface area is 478 Å². The minimum atomic E-state index is 0.175. The molecule has 0 aliphatic heterocycles. The van der Waals surface area contributed by atoms with Crippen LogP contribution >= 0.6 is 0 Å². The van der Waals surface area contributed by atoms with Crippen LogP contribution in [-0.2, 0) is 22.3 Å². The van der Waals surface area contributed by atoms with Gasteiger partial charge in [0.2, 0.25) is 0 Å². The van der Waals surface area contributed by atoms with Crippen molar-refractivity contribution in [2.45, 2.75) is 51.7 Å². The molecular weight excluding hydrogens is 1000 g/mol. The molecule has 0 saturated carbocycles. The maximum atomic E-state index is 5.83. The first-order valence-corrected chi connectivity index (χ1v) is 28.9. The number of nitrogens with zero attached hydrogens (tertiary/aromatic N) is 4. The Morgan fingerprint density at radius 2 is 0.585 bits per heavy atom. The van der Waals surface area contributed by atoms with Crippen molar-refractivity contribution in [3.05, 3.63) is 266 Å². The van der Waals surface area contributed by atoms with E-state index in [0.717, 1.165) is 25.7 Å². The first-order valence-electron chi connectivity index (χ1n) is 28.9. The lowest BCUT2D eigenvalue weighted by atomic mass is 10.0. The summed E-state index contributed by atoms with van der Waals surface area (Å²) in [5.41, 5.74) is 19.4. The van der Waals surface area contributed by atoms with Gasteiger partial charge in [-0.15, -0.1) is 0 Å². The predicted octanol–water partition coefficient (Wildman–Crippen LogP) is 19.4. The molecule has 6 heteroatoms. The highest BCUT2D eigenvalue weighted by atomic mass is 16.5. The van der Waals surface area contributed by atoms with E-state index in [0.29, 0.717) is 0 Å². The second-order valence-electron chi connectivity index (χ2n) is 21.7. The number of ether oxygens (including phenoxy) is 2. The van der Waals surface area contributed by atoms with Gasteiger partial charge in [0.25, 0.3) is 0 Å². The molecule has 0 aliphatic rings. The van der Waals surface area contributed by atoms with Gasteiger partial charge in [0.15, 0.2) is 0 Å². The largest absolute Gasteiger partial charge is 0.381 e. The summed E-state index contributed by atoms with van der Waals surface area (Å²) < 4.78 is 21.1. The van der Waals surface area contributed by atoms with Crippen molar-refractivity contribution in [1.29, 1.82) is 0 Å². The molecule has 0 amide bonds. The Bertz CT molecular complexity index is 4560. The average molecular weight is 1070 g/mol. The van der Waals surface area contributed by atoms with Crippen LogP contribution in [0.2, 0.25) is 0 Å². The third-order valence-electron chi connectivity index (χ3n) is 17.0. The molecule has 2 atom stereocenters. The van der Waals surface area contributed by atoms with E-state index in [2.05, 4.69) is 287 Å². The predicted molar refractivity (Wildman–Crippen MR) is 345 cm³/mol. The van der Waals surface area contributed by atoms with Gasteiger partial charge in [0, 0.05) is 80.1 Å². The minimum Gasteiger partial charge on any atom is -0.381 e. The fraction of sp³-hybridized carbons (Fsp3) is 0.132. The fourth-order valence-electron chi connectivity index (χ4n) is 13.0. The van der Waals surface area contributed by atoms with Gasteiger partial charge < -0.3 is 27.7 Å². The Morgan fingerprint density at radius 3 is 0.988 bits per heavy atom. The van der Waals surface area contributed by atoms with Gasteiger partial charge in [-0.3, -0.25) is 0 Å². The Morgan fingerprint density at radius 1 is 0.268 bits per heavy atom. The van der Waals surface area contributed by atoms with Crippen molar-refractivity contribution < 1.29 is 9.47 Å². The Kier molecular flexibility index (Phi) is 13.3. The molecule has 4 heterocycles. The van der Waals surface area contributed by atoms with Crippen LogP contribution in [0.25, 0.3) is 121 Å². The van der Waals surface area contributed by atoms with Crippen LogP contribution < -0.4 is 0 Å². The summed E-state index contributed by atoms with van der Waals surface area (Å²) in [4.78, 5) is 0. The van der Waals surface area contributed by atoms with Gasteiger partial charge in [0.05, 0.1) is 56.3 Å². The van der Waals surface area contributed by atoms with Gasteiger partial charge >= 0.3 is 0 Å². The number of fused-ring (bicyclic) bond motifs is 12. The maximum Gasteiger partial charge on any atom is 0.0609 e. The zero-order chi connectivity index (χ0) is 55.3. The molecule has 6 nitrogen and oxygen atoms in total. The van der Waals surface area contributed by atoms with Crippen LogP contribution in [0.5, 0.6) is 0 Å². The molecule has 82 heavy (non-hydrogen) atoms. The summed E-state index contributed by atoms with van der Waals surface area (Å²) >= 11 is 0. The molecule has 11 aromatic carbocycles. The van der Waals surface area contributed by atoms with E-state index >= 15 is 0 Å². The summed E-state index contributed by atoms with van der Waals surface area (Å²) in [6.07, 6.45) is 4.14. The van der Waals surface area contributed by atoms with Crippen LogP contribution in [0.4, 0.5) is 0 Å². The smallest absolute Gasteiger partial charge is 0.0609 e. The first-order chi connectivity index (χ1) is 40.5. The van der Waals surface area contributed by atoms with Gasteiger partial charge in [-0.2, -0.15) is 0 Å². The van der Waals surface area contributed by atoms with Crippen molar-refractivity contribution in [2.75, 3.05) is 14.2 Å². The first kappa shape index (κ1) is 50.7. The summed E-state index contributed by atoms with van der Waals surface area (Å²) in [5.74, 6) is 0. The zero-order valence-corrected chi connectivity index (χ0v) is 46.8. The maximum absolute atomic E-state index is 5.83. The second-order valence-corrected chi connectivity index (χ2v) is 21.7. The lowest BCUT2D eigenvalue weighted by molar-refractivity contribution is 0.0997. The normalized spacial score (nSPS) is 12.6. The van der Waals surface area contributed by atoms with E-state index in [1.54, 1.807) is 7.11 Å². The van der Waals surface area contributed by atoms with E-state index in [1.807, 2.05) is 7.11 Å². The Hall–Kier alpha value is -9.46. The lowest BCUT2D eigenvalue weighted by Gasteiger charge is -2.18.